The SMILES string of the molecule is O=C(NC1CCN(C(=O)C=Cc2ccc(Br)cc2)C1)C1CCOCC1. The Kier molecular flexibility index (Phi) is 6.26. The number of benzene rings is 1. The number of nitrogens with one attached hydrogen (secondary N) is 1. The summed E-state index contributed by atoms with van der Waals surface area (Å²) in [5, 5.41) is 3.10. The fourth-order valence-corrected chi connectivity index (χ4v) is 3.47. The van der Waals surface area contributed by atoms with Crippen LogP contribution in [0.2, 0.25) is 0 Å². The molecule has 0 spiro atoms. The van der Waals surface area contributed by atoms with Crippen LogP contribution in [0.15, 0.2) is 34.8 Å². The minimum Gasteiger partial charge on any atom is -0.381 e. The van der Waals surface area contributed by atoms with E-state index >= 15 is 0 Å². The topological polar surface area (TPSA) is 58.6 Å². The molecule has 6 heteroatoms. The van der Waals surface area contributed by atoms with Crippen LogP contribution in [-0.2, 0) is 14.3 Å². The smallest absolute Gasteiger partial charge is 0.246 e. The number of carbonyl (C=O) groups excluding carboxylic acids is 2. The summed E-state index contributed by atoms with van der Waals surface area (Å²) in [5.74, 6) is 0.148. The van der Waals surface area contributed by atoms with Gasteiger partial charge in [-0.05, 0) is 43.0 Å². The molecule has 0 radical (unpaired) electrons. The molecular formula is C19H23BrN2O3. The second-order valence-corrected chi connectivity index (χ2v) is 7.47. The van der Waals surface area contributed by atoms with Crippen molar-refractivity contribution in [2.45, 2.75) is 25.3 Å². The zero-order valence-electron chi connectivity index (χ0n) is 14.1. The standard InChI is InChI=1S/C19H23BrN2O3/c20-16-4-1-14(2-5-16)3-6-18(23)22-10-7-17(13-22)21-19(24)15-8-11-25-12-9-15/h1-6,15,17H,7-13H2,(H,21,24). The first-order chi connectivity index (χ1) is 12.1. The Balaban J connectivity index is 1.47. The van der Waals surface area contributed by atoms with E-state index in [1.807, 2.05) is 30.3 Å². The average molecular weight is 407 g/mol. The van der Waals surface area contributed by atoms with Crippen molar-refractivity contribution in [1.29, 1.82) is 0 Å². The zero-order valence-corrected chi connectivity index (χ0v) is 15.7. The van der Waals surface area contributed by atoms with Crippen LogP contribution >= 0.6 is 15.9 Å². The maximum Gasteiger partial charge on any atom is 0.246 e. The highest BCUT2D eigenvalue weighted by molar-refractivity contribution is 9.10. The molecule has 0 saturated carbocycles. The van der Waals surface area contributed by atoms with E-state index in [0.29, 0.717) is 26.3 Å². The number of hydrogen-bond acceptors (Lipinski definition) is 3. The van der Waals surface area contributed by atoms with E-state index in [1.54, 1.807) is 11.0 Å². The largest absolute Gasteiger partial charge is 0.381 e. The monoisotopic (exact) mass is 406 g/mol. The Hall–Kier alpha value is -1.66. The van der Waals surface area contributed by atoms with Gasteiger partial charge in [-0.2, -0.15) is 0 Å². The molecule has 1 unspecified atom stereocenters. The number of rotatable bonds is 4. The first-order valence-corrected chi connectivity index (χ1v) is 9.52. The lowest BCUT2D eigenvalue weighted by Gasteiger charge is -2.23. The van der Waals surface area contributed by atoms with Gasteiger partial charge in [0.05, 0.1) is 0 Å². The van der Waals surface area contributed by atoms with Gasteiger partial charge in [0.1, 0.15) is 0 Å². The molecule has 1 N–H and O–H groups in total. The van der Waals surface area contributed by atoms with Gasteiger partial charge in [0, 0.05) is 48.8 Å². The van der Waals surface area contributed by atoms with Gasteiger partial charge in [-0.3, -0.25) is 9.59 Å². The minimum atomic E-state index is -0.00858. The Morgan fingerprint density at radius 1 is 1.16 bits per heavy atom. The molecule has 2 fully saturated rings. The van der Waals surface area contributed by atoms with E-state index in [1.165, 1.54) is 0 Å². The van der Waals surface area contributed by atoms with Crippen LogP contribution in [-0.4, -0.2) is 49.1 Å². The molecule has 134 valence electrons. The highest BCUT2D eigenvalue weighted by atomic mass is 79.9. The molecule has 25 heavy (non-hydrogen) atoms. The van der Waals surface area contributed by atoms with Crippen LogP contribution in [0.25, 0.3) is 6.08 Å². The lowest BCUT2D eigenvalue weighted by Crippen LogP contribution is -2.42. The summed E-state index contributed by atoms with van der Waals surface area (Å²) in [5.41, 5.74) is 0.986. The predicted molar refractivity (Wildman–Crippen MR) is 99.8 cm³/mol. The van der Waals surface area contributed by atoms with Crippen molar-refractivity contribution in [1.82, 2.24) is 10.2 Å². The van der Waals surface area contributed by atoms with Gasteiger partial charge in [0.25, 0.3) is 0 Å². The van der Waals surface area contributed by atoms with Crippen molar-refractivity contribution >= 4 is 33.8 Å². The molecule has 3 rings (SSSR count). The summed E-state index contributed by atoms with van der Waals surface area (Å²) >= 11 is 3.39. The molecule has 1 aromatic rings. The molecule has 1 atom stereocenters. The summed E-state index contributed by atoms with van der Waals surface area (Å²) in [6, 6.07) is 7.85. The molecule has 2 aliphatic heterocycles. The molecular weight excluding hydrogens is 384 g/mol. The normalized spacial score (nSPS) is 21.6. The third-order valence-electron chi connectivity index (χ3n) is 4.73. The molecule has 2 saturated heterocycles. The Morgan fingerprint density at radius 3 is 2.60 bits per heavy atom. The molecule has 0 aromatic heterocycles. The second kappa shape index (κ2) is 8.63. The van der Waals surface area contributed by atoms with Crippen molar-refractivity contribution in [3.05, 3.63) is 40.4 Å². The lowest BCUT2D eigenvalue weighted by molar-refractivity contribution is -0.129. The maximum absolute atomic E-state index is 12.3. The predicted octanol–water partition coefficient (Wildman–Crippen LogP) is 2.61. The number of hydrogen-bond donors (Lipinski definition) is 1. The number of halogens is 1. The Bertz CT molecular complexity index is 639. The number of carbonyl (C=O) groups is 2. The summed E-state index contributed by atoms with van der Waals surface area (Å²) < 4.78 is 6.31. The molecule has 0 aliphatic carbocycles. The van der Waals surface area contributed by atoms with Gasteiger partial charge in [-0.15, -0.1) is 0 Å². The third kappa shape index (κ3) is 5.16. The van der Waals surface area contributed by atoms with Gasteiger partial charge in [-0.1, -0.05) is 28.1 Å². The van der Waals surface area contributed by atoms with E-state index in [-0.39, 0.29) is 23.8 Å². The van der Waals surface area contributed by atoms with E-state index in [9.17, 15) is 9.59 Å². The van der Waals surface area contributed by atoms with Crippen molar-refractivity contribution in [2.75, 3.05) is 26.3 Å². The Labute approximate surface area is 156 Å². The summed E-state index contributed by atoms with van der Waals surface area (Å²) in [6.07, 6.45) is 5.82. The van der Waals surface area contributed by atoms with Gasteiger partial charge in [0.15, 0.2) is 0 Å². The van der Waals surface area contributed by atoms with Crippen molar-refractivity contribution in [3.63, 3.8) is 0 Å². The fraction of sp³-hybridized carbons (Fsp3) is 0.474. The van der Waals surface area contributed by atoms with Gasteiger partial charge in [-0.25, -0.2) is 0 Å². The third-order valence-corrected chi connectivity index (χ3v) is 5.26. The van der Waals surface area contributed by atoms with E-state index in [4.69, 9.17) is 4.74 Å². The summed E-state index contributed by atoms with van der Waals surface area (Å²) in [4.78, 5) is 26.4. The zero-order chi connectivity index (χ0) is 17.6. The number of likely N-dealkylation sites (tertiary alicyclic amines) is 1. The molecule has 2 amide bonds. The first-order valence-electron chi connectivity index (χ1n) is 8.72. The number of ether oxygens (including phenoxy) is 1. The summed E-state index contributed by atoms with van der Waals surface area (Å²) in [6.45, 7) is 2.59. The van der Waals surface area contributed by atoms with Gasteiger partial charge >= 0.3 is 0 Å². The van der Waals surface area contributed by atoms with Crippen molar-refractivity contribution < 1.29 is 14.3 Å². The van der Waals surface area contributed by atoms with Crippen LogP contribution in [0.5, 0.6) is 0 Å². The van der Waals surface area contributed by atoms with E-state index in [0.717, 1.165) is 29.3 Å². The fourth-order valence-electron chi connectivity index (χ4n) is 3.20. The van der Waals surface area contributed by atoms with Crippen LogP contribution in [0.4, 0.5) is 0 Å². The highest BCUT2D eigenvalue weighted by Gasteiger charge is 2.29. The molecule has 1 aromatic carbocycles. The van der Waals surface area contributed by atoms with Gasteiger partial charge < -0.3 is 15.0 Å². The molecule has 5 nitrogen and oxygen atoms in total. The maximum atomic E-state index is 12.3. The van der Waals surface area contributed by atoms with Crippen molar-refractivity contribution in [3.8, 4) is 0 Å². The second-order valence-electron chi connectivity index (χ2n) is 6.55. The lowest BCUT2D eigenvalue weighted by atomic mass is 9.99. The molecule has 2 heterocycles. The van der Waals surface area contributed by atoms with Crippen molar-refractivity contribution in [2.24, 2.45) is 5.92 Å². The number of nitrogens with zero attached hydrogens (tertiary/aromatic N) is 1. The minimum absolute atomic E-state index is 0.00858. The van der Waals surface area contributed by atoms with Crippen LogP contribution < -0.4 is 5.32 Å². The van der Waals surface area contributed by atoms with Gasteiger partial charge in [0.2, 0.25) is 11.8 Å². The molecule has 0 bridgehead atoms. The quantitative estimate of drug-likeness (QED) is 0.781. The van der Waals surface area contributed by atoms with Crippen LogP contribution in [0, 0.1) is 5.92 Å². The summed E-state index contributed by atoms with van der Waals surface area (Å²) in [7, 11) is 0. The van der Waals surface area contributed by atoms with E-state index < -0.39 is 0 Å². The van der Waals surface area contributed by atoms with Crippen LogP contribution in [0.3, 0.4) is 0 Å². The van der Waals surface area contributed by atoms with E-state index in [2.05, 4.69) is 21.2 Å². The average Bonchev–Trinajstić information content (AvgIpc) is 3.10. The highest BCUT2D eigenvalue weighted by Crippen LogP contribution is 2.17. The Morgan fingerprint density at radius 2 is 1.88 bits per heavy atom. The first kappa shape index (κ1) is 18.1. The number of amides is 2. The van der Waals surface area contributed by atoms with Crippen LogP contribution in [0.1, 0.15) is 24.8 Å². The molecule has 2 aliphatic rings.